The third-order valence-corrected chi connectivity index (χ3v) is 2.44. The fourth-order valence-corrected chi connectivity index (χ4v) is 1.56. The van der Waals surface area contributed by atoms with Crippen LogP contribution in [0.1, 0.15) is 18.9 Å². The van der Waals surface area contributed by atoms with Crippen LogP contribution in [0.15, 0.2) is 30.3 Å². The molecule has 0 fully saturated rings. The summed E-state index contributed by atoms with van der Waals surface area (Å²) in [6.45, 7) is 12.6. The highest BCUT2D eigenvalue weighted by Gasteiger charge is 2.03. The minimum Gasteiger partial charge on any atom is -0.317 e. The molecule has 1 aromatic carbocycles. The Kier molecular flexibility index (Phi) is 5.50. The molecule has 80 valence electrons. The van der Waals surface area contributed by atoms with E-state index in [-0.39, 0.29) is 0 Å². The van der Waals surface area contributed by atoms with Gasteiger partial charge in [-0.1, -0.05) is 37.3 Å². The normalized spacial score (nSPS) is 10.2. The second kappa shape index (κ2) is 7.03. The average Bonchev–Trinajstić information content (AvgIpc) is 2.29. The van der Waals surface area contributed by atoms with Crippen molar-refractivity contribution in [3.63, 3.8) is 0 Å². The summed E-state index contributed by atoms with van der Waals surface area (Å²) in [7, 11) is 0. The Morgan fingerprint density at radius 2 is 2.00 bits per heavy atom. The smallest absolute Gasteiger partial charge is 0.215 e. The summed E-state index contributed by atoms with van der Waals surface area (Å²) in [6.07, 6.45) is 0.976. The highest BCUT2D eigenvalue weighted by Crippen LogP contribution is 2.04. The molecule has 0 aliphatic rings. The zero-order valence-corrected chi connectivity index (χ0v) is 9.32. The lowest BCUT2D eigenvalue weighted by Gasteiger charge is -2.19. The topological polar surface area (TPSA) is 7.60 Å². The number of benzene rings is 1. The number of nitrogens with zero attached hydrogens (tertiary/aromatic N) is 2. The summed E-state index contributed by atoms with van der Waals surface area (Å²) in [5.41, 5.74) is 1.35. The quantitative estimate of drug-likeness (QED) is 0.508. The third-order valence-electron chi connectivity index (χ3n) is 2.44. The van der Waals surface area contributed by atoms with Gasteiger partial charge in [0.25, 0.3) is 0 Å². The zero-order chi connectivity index (χ0) is 10.9. The van der Waals surface area contributed by atoms with E-state index in [4.69, 9.17) is 6.57 Å². The largest absolute Gasteiger partial charge is 0.317 e. The van der Waals surface area contributed by atoms with Gasteiger partial charge in [-0.05, 0) is 12.1 Å². The summed E-state index contributed by atoms with van der Waals surface area (Å²) in [4.78, 5) is 5.75. The van der Waals surface area contributed by atoms with Crippen molar-refractivity contribution in [3.8, 4) is 0 Å². The van der Waals surface area contributed by atoms with Crippen LogP contribution in [-0.4, -0.2) is 24.5 Å². The Morgan fingerprint density at radius 3 is 2.60 bits per heavy atom. The molecule has 0 N–H and O–H groups in total. The van der Waals surface area contributed by atoms with Gasteiger partial charge in [-0.25, -0.2) is 6.57 Å². The maximum atomic E-state index is 6.73. The van der Waals surface area contributed by atoms with E-state index in [0.29, 0.717) is 6.54 Å². The molecule has 1 aromatic rings. The van der Waals surface area contributed by atoms with Crippen LogP contribution in [-0.2, 0) is 6.54 Å². The van der Waals surface area contributed by atoms with Crippen LogP contribution in [0, 0.1) is 6.57 Å². The van der Waals surface area contributed by atoms with Gasteiger partial charge in [0.1, 0.15) is 0 Å². The lowest BCUT2D eigenvalue weighted by atomic mass is 10.2. The standard InChI is InChI=1S/C13H18N2/c1-3-15(11-7-10-14-2)12-13-8-5-4-6-9-13/h4-6,8-9H,3,7,10-12H2,1H3. The Morgan fingerprint density at radius 1 is 1.27 bits per heavy atom. The van der Waals surface area contributed by atoms with E-state index in [1.807, 2.05) is 6.07 Å². The predicted octanol–water partition coefficient (Wildman–Crippen LogP) is 2.82. The van der Waals surface area contributed by atoms with E-state index >= 15 is 0 Å². The van der Waals surface area contributed by atoms with Gasteiger partial charge in [-0.15, -0.1) is 0 Å². The van der Waals surface area contributed by atoms with Crippen LogP contribution in [0.25, 0.3) is 4.85 Å². The maximum absolute atomic E-state index is 6.73. The van der Waals surface area contributed by atoms with Crippen molar-refractivity contribution < 1.29 is 0 Å². The molecule has 0 saturated carbocycles. The molecule has 2 heteroatoms. The molecule has 0 spiro atoms. The minimum absolute atomic E-state index is 0.644. The molecular formula is C13H18N2. The fraction of sp³-hybridized carbons (Fsp3) is 0.462. The third kappa shape index (κ3) is 4.62. The molecule has 0 aliphatic heterocycles. The van der Waals surface area contributed by atoms with E-state index in [0.717, 1.165) is 26.1 Å². The van der Waals surface area contributed by atoms with Crippen LogP contribution in [0.5, 0.6) is 0 Å². The van der Waals surface area contributed by atoms with Crippen molar-refractivity contribution in [2.24, 2.45) is 0 Å². The number of rotatable bonds is 6. The Hall–Kier alpha value is -1.33. The van der Waals surface area contributed by atoms with Crippen LogP contribution in [0.4, 0.5) is 0 Å². The van der Waals surface area contributed by atoms with E-state index in [9.17, 15) is 0 Å². The molecule has 0 bridgehead atoms. The lowest BCUT2D eigenvalue weighted by Crippen LogP contribution is -2.24. The van der Waals surface area contributed by atoms with Gasteiger partial charge < -0.3 is 4.85 Å². The highest BCUT2D eigenvalue weighted by atomic mass is 15.1. The minimum atomic E-state index is 0.644. The predicted molar refractivity (Wildman–Crippen MR) is 63.5 cm³/mol. The van der Waals surface area contributed by atoms with Gasteiger partial charge in [0.2, 0.25) is 6.54 Å². The summed E-state index contributed by atoms with van der Waals surface area (Å²) in [5, 5.41) is 0. The Labute approximate surface area is 92.3 Å². The summed E-state index contributed by atoms with van der Waals surface area (Å²) >= 11 is 0. The van der Waals surface area contributed by atoms with Crippen molar-refractivity contribution in [1.29, 1.82) is 0 Å². The van der Waals surface area contributed by atoms with Crippen LogP contribution < -0.4 is 0 Å². The van der Waals surface area contributed by atoms with Gasteiger partial charge in [0.05, 0.1) is 0 Å². The van der Waals surface area contributed by atoms with Gasteiger partial charge >= 0.3 is 0 Å². The van der Waals surface area contributed by atoms with Crippen LogP contribution >= 0.6 is 0 Å². The summed E-state index contributed by atoms with van der Waals surface area (Å²) in [6, 6.07) is 10.5. The molecule has 0 atom stereocenters. The van der Waals surface area contributed by atoms with Crippen molar-refractivity contribution in [3.05, 3.63) is 47.3 Å². The molecule has 0 aliphatic carbocycles. The summed E-state index contributed by atoms with van der Waals surface area (Å²) < 4.78 is 0. The SMILES string of the molecule is [C-]#[N+]CCCN(CC)Cc1ccccc1. The zero-order valence-electron chi connectivity index (χ0n) is 9.32. The molecule has 0 heterocycles. The highest BCUT2D eigenvalue weighted by molar-refractivity contribution is 5.14. The van der Waals surface area contributed by atoms with E-state index in [2.05, 4.69) is 40.9 Å². The molecular weight excluding hydrogens is 184 g/mol. The van der Waals surface area contributed by atoms with E-state index in [1.165, 1.54) is 5.56 Å². The lowest BCUT2D eigenvalue weighted by molar-refractivity contribution is 0.280. The first kappa shape index (κ1) is 11.7. The first-order valence-corrected chi connectivity index (χ1v) is 5.46. The maximum Gasteiger partial charge on any atom is 0.215 e. The van der Waals surface area contributed by atoms with E-state index < -0.39 is 0 Å². The Bertz CT molecular complexity index is 300. The van der Waals surface area contributed by atoms with Gasteiger partial charge in [-0.2, -0.15) is 0 Å². The molecule has 2 nitrogen and oxygen atoms in total. The van der Waals surface area contributed by atoms with Crippen molar-refractivity contribution in [1.82, 2.24) is 4.90 Å². The van der Waals surface area contributed by atoms with E-state index in [1.54, 1.807) is 0 Å². The van der Waals surface area contributed by atoms with Crippen LogP contribution in [0.3, 0.4) is 0 Å². The average molecular weight is 202 g/mol. The molecule has 0 aromatic heterocycles. The van der Waals surface area contributed by atoms with Gasteiger partial charge in [0.15, 0.2) is 0 Å². The fourth-order valence-electron chi connectivity index (χ4n) is 1.56. The Balaban J connectivity index is 2.37. The van der Waals surface area contributed by atoms with Crippen molar-refractivity contribution in [2.45, 2.75) is 19.9 Å². The molecule has 0 amide bonds. The first-order chi connectivity index (χ1) is 7.36. The molecule has 15 heavy (non-hydrogen) atoms. The van der Waals surface area contributed by atoms with Crippen molar-refractivity contribution in [2.75, 3.05) is 19.6 Å². The number of hydrogen-bond donors (Lipinski definition) is 0. The van der Waals surface area contributed by atoms with Crippen LogP contribution in [0.2, 0.25) is 0 Å². The molecule has 0 saturated heterocycles. The van der Waals surface area contributed by atoms with Gasteiger partial charge in [0, 0.05) is 19.5 Å². The second-order valence-corrected chi connectivity index (χ2v) is 3.59. The van der Waals surface area contributed by atoms with Crippen molar-refractivity contribution >= 4 is 0 Å². The number of hydrogen-bond acceptors (Lipinski definition) is 1. The molecule has 0 radical (unpaired) electrons. The summed E-state index contributed by atoms with van der Waals surface area (Å²) in [5.74, 6) is 0. The first-order valence-electron chi connectivity index (χ1n) is 5.46. The molecule has 0 unspecified atom stereocenters. The second-order valence-electron chi connectivity index (χ2n) is 3.59. The molecule has 1 rings (SSSR count). The monoisotopic (exact) mass is 202 g/mol. The van der Waals surface area contributed by atoms with Gasteiger partial charge in [-0.3, -0.25) is 4.90 Å².